The van der Waals surface area contributed by atoms with Crippen LogP contribution in [0.3, 0.4) is 0 Å². The fraction of sp³-hybridized carbons (Fsp3) is 0.455. The molecule has 1 aromatic heterocycles. The molecule has 0 aliphatic heterocycles. The van der Waals surface area contributed by atoms with Crippen LogP contribution in [-0.2, 0) is 0 Å². The normalized spacial score (nSPS) is 23.5. The van der Waals surface area contributed by atoms with Gasteiger partial charge in [-0.25, -0.2) is 0 Å². The first-order valence-electron chi connectivity index (χ1n) is 9.15. The molecule has 2 aliphatic carbocycles. The van der Waals surface area contributed by atoms with E-state index in [4.69, 9.17) is 0 Å². The Balaban J connectivity index is 1.77. The van der Waals surface area contributed by atoms with Crippen molar-refractivity contribution >= 4 is 27.0 Å². The van der Waals surface area contributed by atoms with Gasteiger partial charge in [0.25, 0.3) is 0 Å². The molecule has 0 radical (unpaired) electrons. The second-order valence-corrected chi connectivity index (χ2v) is 8.62. The lowest BCUT2D eigenvalue weighted by Gasteiger charge is -2.29. The van der Waals surface area contributed by atoms with Crippen molar-refractivity contribution in [3.63, 3.8) is 0 Å². The van der Waals surface area contributed by atoms with E-state index in [1.165, 1.54) is 46.9 Å². The highest BCUT2D eigenvalue weighted by Crippen LogP contribution is 2.49. The van der Waals surface area contributed by atoms with E-state index in [-0.39, 0.29) is 0 Å². The lowest BCUT2D eigenvalue weighted by atomic mass is 9.79. The Bertz CT molecular complexity index is 797. The van der Waals surface area contributed by atoms with Crippen LogP contribution in [0.5, 0.6) is 0 Å². The zero-order valence-corrected chi connectivity index (χ0v) is 15.7. The van der Waals surface area contributed by atoms with Crippen LogP contribution in [-0.4, -0.2) is 25.0 Å². The summed E-state index contributed by atoms with van der Waals surface area (Å²) in [4.78, 5) is 2.40. The molecule has 0 spiro atoms. The summed E-state index contributed by atoms with van der Waals surface area (Å²) in [6.45, 7) is 8.19. The van der Waals surface area contributed by atoms with Crippen molar-refractivity contribution in [3.05, 3.63) is 52.9 Å². The number of benzene rings is 1. The number of hydrogen-bond acceptors (Lipinski definition) is 2. The maximum atomic E-state index is 3.89. The first-order chi connectivity index (χ1) is 11.7. The Labute approximate surface area is 149 Å². The van der Waals surface area contributed by atoms with Crippen LogP contribution in [0.2, 0.25) is 0 Å². The number of allylic oxidation sites excluding steroid dienone is 1. The number of nitrogens with zero attached hydrogens (tertiary/aromatic N) is 1. The van der Waals surface area contributed by atoms with E-state index in [1.54, 1.807) is 11.1 Å². The van der Waals surface area contributed by atoms with E-state index in [0.29, 0.717) is 0 Å². The van der Waals surface area contributed by atoms with Crippen molar-refractivity contribution in [2.45, 2.75) is 32.6 Å². The Morgan fingerprint density at radius 1 is 1.33 bits per heavy atom. The van der Waals surface area contributed by atoms with Gasteiger partial charge in [0.05, 0.1) is 0 Å². The Morgan fingerprint density at radius 3 is 3.04 bits per heavy atom. The highest BCUT2D eigenvalue weighted by atomic mass is 32.1. The smallest absolute Gasteiger partial charge is 0.0345 e. The minimum Gasteiger partial charge on any atom is -0.299 e. The number of likely N-dealkylation sites (N-methyl/N-ethyl adjacent to an activating group) is 1. The fourth-order valence-electron chi connectivity index (χ4n) is 4.79. The first kappa shape index (κ1) is 16.1. The summed E-state index contributed by atoms with van der Waals surface area (Å²) in [6, 6.07) is 7.17. The van der Waals surface area contributed by atoms with Gasteiger partial charge in [-0.15, -0.1) is 17.9 Å². The minimum absolute atomic E-state index is 0.785. The van der Waals surface area contributed by atoms with E-state index in [9.17, 15) is 0 Å². The van der Waals surface area contributed by atoms with E-state index in [2.05, 4.69) is 49.0 Å². The van der Waals surface area contributed by atoms with Gasteiger partial charge in [-0.05, 0) is 91.1 Å². The van der Waals surface area contributed by atoms with Gasteiger partial charge >= 0.3 is 0 Å². The van der Waals surface area contributed by atoms with Crippen molar-refractivity contribution in [3.8, 4) is 0 Å². The third kappa shape index (κ3) is 2.87. The van der Waals surface area contributed by atoms with Crippen LogP contribution in [0.25, 0.3) is 15.7 Å². The van der Waals surface area contributed by atoms with Gasteiger partial charge in [0.2, 0.25) is 0 Å². The molecule has 1 saturated carbocycles. The zero-order valence-electron chi connectivity index (χ0n) is 14.8. The molecule has 1 heterocycles. The maximum absolute atomic E-state index is 3.89. The lowest BCUT2D eigenvalue weighted by molar-refractivity contribution is 0.382. The number of aryl methyl sites for hydroxylation is 1. The van der Waals surface area contributed by atoms with Crippen molar-refractivity contribution < 1.29 is 0 Å². The first-order valence-corrected chi connectivity index (χ1v) is 10.0. The van der Waals surface area contributed by atoms with Gasteiger partial charge in [-0.3, -0.25) is 4.90 Å². The molecular weight excluding hydrogens is 310 g/mol. The van der Waals surface area contributed by atoms with E-state index < -0.39 is 0 Å². The Hall–Kier alpha value is -1.38. The molecule has 2 atom stereocenters. The zero-order chi connectivity index (χ0) is 16.7. The summed E-state index contributed by atoms with van der Waals surface area (Å²) in [5.74, 6) is 1.71. The quantitative estimate of drug-likeness (QED) is 0.614. The molecule has 126 valence electrons. The van der Waals surface area contributed by atoms with Crippen LogP contribution in [0.4, 0.5) is 0 Å². The molecule has 2 aromatic rings. The van der Waals surface area contributed by atoms with Gasteiger partial charge < -0.3 is 0 Å². The summed E-state index contributed by atoms with van der Waals surface area (Å²) in [7, 11) is 2.22. The molecule has 1 fully saturated rings. The lowest BCUT2D eigenvalue weighted by Crippen LogP contribution is -2.24. The highest BCUT2D eigenvalue weighted by Gasteiger charge is 2.35. The Kier molecular flexibility index (Phi) is 4.36. The number of thiophene rings is 1. The minimum atomic E-state index is 0.785. The summed E-state index contributed by atoms with van der Waals surface area (Å²) in [6.07, 6.45) is 7.52. The van der Waals surface area contributed by atoms with Crippen LogP contribution in [0.1, 0.15) is 36.8 Å². The van der Waals surface area contributed by atoms with Crippen molar-refractivity contribution in [1.29, 1.82) is 0 Å². The maximum Gasteiger partial charge on any atom is 0.0345 e. The molecule has 1 aromatic carbocycles. The van der Waals surface area contributed by atoms with Gasteiger partial charge in [0.1, 0.15) is 0 Å². The molecule has 2 heteroatoms. The third-order valence-corrected chi connectivity index (χ3v) is 6.93. The molecular formula is C22H27NS. The second-order valence-electron chi connectivity index (χ2n) is 7.71. The third-order valence-electron chi connectivity index (χ3n) is 5.85. The molecule has 1 nitrogen and oxygen atoms in total. The van der Waals surface area contributed by atoms with Crippen LogP contribution in [0.15, 0.2) is 41.8 Å². The van der Waals surface area contributed by atoms with Gasteiger partial charge in [-0.1, -0.05) is 17.7 Å². The summed E-state index contributed by atoms with van der Waals surface area (Å²) in [5, 5.41) is 3.73. The predicted molar refractivity (Wildman–Crippen MR) is 107 cm³/mol. The monoisotopic (exact) mass is 337 g/mol. The van der Waals surface area contributed by atoms with E-state index in [1.807, 2.05) is 17.4 Å². The second kappa shape index (κ2) is 6.50. The fourth-order valence-corrected chi connectivity index (χ4v) is 5.72. The van der Waals surface area contributed by atoms with Gasteiger partial charge in [0.15, 0.2) is 0 Å². The summed E-state index contributed by atoms with van der Waals surface area (Å²) >= 11 is 1.87. The molecule has 0 saturated heterocycles. The highest BCUT2D eigenvalue weighted by molar-refractivity contribution is 7.17. The average molecular weight is 338 g/mol. The molecule has 24 heavy (non-hydrogen) atoms. The van der Waals surface area contributed by atoms with Crippen LogP contribution in [0, 0.1) is 18.8 Å². The largest absolute Gasteiger partial charge is 0.299 e. The topological polar surface area (TPSA) is 3.24 Å². The van der Waals surface area contributed by atoms with Crippen LogP contribution < -0.4 is 0 Å². The number of fused-ring (bicyclic) bond motifs is 3. The van der Waals surface area contributed by atoms with Gasteiger partial charge in [-0.2, -0.15) is 0 Å². The molecule has 0 N–H and O–H groups in total. The summed E-state index contributed by atoms with van der Waals surface area (Å²) < 4.78 is 1.42. The van der Waals surface area contributed by atoms with Crippen molar-refractivity contribution in [2.24, 2.45) is 11.8 Å². The molecule has 2 unspecified atom stereocenters. The van der Waals surface area contributed by atoms with E-state index >= 15 is 0 Å². The molecule has 0 amide bonds. The van der Waals surface area contributed by atoms with Crippen molar-refractivity contribution in [2.75, 3.05) is 20.1 Å². The molecule has 2 aliphatic rings. The van der Waals surface area contributed by atoms with Gasteiger partial charge in [0, 0.05) is 17.8 Å². The number of hydrogen-bond donors (Lipinski definition) is 0. The predicted octanol–water partition coefficient (Wildman–Crippen LogP) is 5.90. The SMILES string of the molecule is C=CCN(C)CC1=C(c2ccc3scc(C)c3c2)C2CCC(C1)C2. The van der Waals surface area contributed by atoms with E-state index in [0.717, 1.165) is 24.9 Å². The number of rotatable bonds is 5. The molecule has 2 bridgehead atoms. The average Bonchev–Trinajstić information content (AvgIpc) is 3.12. The van der Waals surface area contributed by atoms with Crippen molar-refractivity contribution in [1.82, 2.24) is 4.90 Å². The Morgan fingerprint density at radius 2 is 2.21 bits per heavy atom. The van der Waals surface area contributed by atoms with Crippen LogP contribution >= 0.6 is 11.3 Å². The summed E-state index contributed by atoms with van der Waals surface area (Å²) in [5.41, 5.74) is 6.26. The molecule has 4 rings (SSSR count). The standard InChI is InChI=1S/C22H27NS/c1-4-9-23(3)13-19-11-16-5-6-17(10-16)22(19)18-7-8-21-20(12-18)15(2)14-24-21/h4,7-8,12,14,16-17H,1,5-6,9-11,13H2,2-3H3.